The highest BCUT2D eigenvalue weighted by Gasteiger charge is 2.16. The van der Waals surface area contributed by atoms with Gasteiger partial charge >= 0.3 is 5.97 Å². The van der Waals surface area contributed by atoms with Crippen molar-refractivity contribution in [1.82, 2.24) is 0 Å². The van der Waals surface area contributed by atoms with Crippen molar-refractivity contribution < 1.29 is 23.1 Å². The molecule has 0 aromatic heterocycles. The summed E-state index contributed by atoms with van der Waals surface area (Å²) >= 11 is 12.3. The van der Waals surface area contributed by atoms with E-state index in [2.05, 4.69) is 0 Å². The van der Waals surface area contributed by atoms with Gasteiger partial charge in [0.1, 0.15) is 11.5 Å². The molecule has 0 aliphatic heterocycles. The molecule has 0 aliphatic carbocycles. The van der Waals surface area contributed by atoms with Gasteiger partial charge in [0, 0.05) is 23.3 Å². The fourth-order valence-electron chi connectivity index (χ4n) is 2.21. The molecule has 0 heterocycles. The Kier molecular flexibility index (Phi) is 5.98. The van der Waals surface area contributed by atoms with Crippen LogP contribution >= 0.6 is 23.2 Å². The number of ether oxygens (including phenoxy) is 1. The normalized spacial score (nSPS) is 11.4. The van der Waals surface area contributed by atoms with E-state index in [9.17, 15) is 13.2 Å². The Morgan fingerprint density at radius 2 is 1.84 bits per heavy atom. The van der Waals surface area contributed by atoms with E-state index in [4.69, 9.17) is 33.0 Å². The zero-order valence-corrected chi connectivity index (χ0v) is 15.9. The quantitative estimate of drug-likeness (QED) is 0.767. The molecule has 2 rings (SSSR count). The van der Waals surface area contributed by atoms with Crippen LogP contribution in [0, 0.1) is 6.92 Å². The van der Waals surface area contributed by atoms with Crippen molar-refractivity contribution in [2.24, 2.45) is 0 Å². The SMILES string of the molecule is Cc1c(Cl)ccc(CCC(=O)O)c1Oc1ccc(S(C)(=O)=O)cc1Cl. The van der Waals surface area contributed by atoms with Crippen LogP contribution in [0.4, 0.5) is 0 Å². The highest BCUT2D eigenvalue weighted by atomic mass is 35.5. The van der Waals surface area contributed by atoms with Crippen molar-refractivity contribution in [2.75, 3.05) is 6.26 Å². The summed E-state index contributed by atoms with van der Waals surface area (Å²) in [4.78, 5) is 10.9. The van der Waals surface area contributed by atoms with Gasteiger partial charge in [-0.05, 0) is 43.2 Å². The van der Waals surface area contributed by atoms with Crippen LogP contribution in [0.3, 0.4) is 0 Å². The van der Waals surface area contributed by atoms with Gasteiger partial charge in [0.05, 0.1) is 9.92 Å². The molecule has 0 spiro atoms. The topological polar surface area (TPSA) is 80.7 Å². The van der Waals surface area contributed by atoms with Gasteiger partial charge in [-0.3, -0.25) is 4.79 Å². The number of hydrogen-bond acceptors (Lipinski definition) is 4. The van der Waals surface area contributed by atoms with E-state index in [1.165, 1.54) is 18.2 Å². The predicted molar refractivity (Wildman–Crippen MR) is 96.8 cm³/mol. The van der Waals surface area contributed by atoms with E-state index >= 15 is 0 Å². The van der Waals surface area contributed by atoms with Crippen LogP contribution in [0.25, 0.3) is 0 Å². The van der Waals surface area contributed by atoms with Crippen molar-refractivity contribution in [3.05, 3.63) is 51.5 Å². The number of rotatable bonds is 6. The molecular formula is C17H16Cl2O5S. The second kappa shape index (κ2) is 7.64. The van der Waals surface area contributed by atoms with Gasteiger partial charge in [-0.15, -0.1) is 0 Å². The highest BCUT2D eigenvalue weighted by Crippen LogP contribution is 2.37. The van der Waals surface area contributed by atoms with Gasteiger partial charge in [0.2, 0.25) is 0 Å². The number of benzene rings is 2. The molecule has 2 aromatic carbocycles. The summed E-state index contributed by atoms with van der Waals surface area (Å²) in [5.74, 6) is -0.243. The number of aryl methyl sites for hydroxylation is 1. The molecule has 5 nitrogen and oxygen atoms in total. The van der Waals surface area contributed by atoms with Crippen LogP contribution in [-0.4, -0.2) is 25.7 Å². The first-order valence-corrected chi connectivity index (χ1v) is 9.91. The summed E-state index contributed by atoms with van der Waals surface area (Å²) < 4.78 is 29.0. The molecule has 0 unspecified atom stereocenters. The lowest BCUT2D eigenvalue weighted by Gasteiger charge is -2.16. The molecule has 0 radical (unpaired) electrons. The molecule has 134 valence electrons. The highest BCUT2D eigenvalue weighted by molar-refractivity contribution is 7.90. The van der Waals surface area contributed by atoms with E-state index in [1.807, 2.05) is 0 Å². The van der Waals surface area contributed by atoms with E-state index < -0.39 is 15.8 Å². The average molecular weight is 403 g/mol. The Morgan fingerprint density at radius 3 is 2.40 bits per heavy atom. The lowest BCUT2D eigenvalue weighted by Crippen LogP contribution is -2.01. The van der Waals surface area contributed by atoms with E-state index in [0.29, 0.717) is 21.9 Å². The van der Waals surface area contributed by atoms with Gasteiger partial charge in [-0.1, -0.05) is 29.3 Å². The van der Waals surface area contributed by atoms with Gasteiger partial charge in [-0.25, -0.2) is 8.42 Å². The van der Waals surface area contributed by atoms with Crippen LogP contribution in [-0.2, 0) is 21.1 Å². The molecule has 0 saturated carbocycles. The summed E-state index contributed by atoms with van der Waals surface area (Å²) in [7, 11) is -3.38. The second-order valence-electron chi connectivity index (χ2n) is 5.52. The first-order chi connectivity index (χ1) is 11.6. The zero-order chi connectivity index (χ0) is 18.8. The smallest absolute Gasteiger partial charge is 0.303 e. The predicted octanol–water partition coefficient (Wildman–Crippen LogP) is 4.51. The van der Waals surface area contributed by atoms with Crippen LogP contribution in [0.2, 0.25) is 10.0 Å². The molecule has 1 N–H and O–H groups in total. The van der Waals surface area contributed by atoms with Gasteiger partial charge in [0.15, 0.2) is 9.84 Å². The third-order valence-electron chi connectivity index (χ3n) is 3.57. The van der Waals surface area contributed by atoms with Crippen LogP contribution < -0.4 is 4.74 Å². The maximum absolute atomic E-state index is 11.6. The standard InChI is InChI=1S/C17H16Cl2O5S/c1-10-13(18)6-3-11(4-8-16(20)21)17(10)24-15-7-5-12(9-14(15)19)25(2,22)23/h3,5-7,9H,4,8H2,1-2H3,(H,20,21). The minimum Gasteiger partial charge on any atom is -0.481 e. The van der Waals surface area contributed by atoms with Crippen molar-refractivity contribution in [1.29, 1.82) is 0 Å². The zero-order valence-electron chi connectivity index (χ0n) is 13.5. The summed E-state index contributed by atoms with van der Waals surface area (Å²) in [6.45, 7) is 1.75. The summed E-state index contributed by atoms with van der Waals surface area (Å²) in [5, 5.41) is 9.49. The molecule has 0 fully saturated rings. The molecular weight excluding hydrogens is 387 g/mol. The Morgan fingerprint density at radius 1 is 1.16 bits per heavy atom. The lowest BCUT2D eigenvalue weighted by atomic mass is 10.0. The number of carboxylic acids is 1. The minimum absolute atomic E-state index is 0.0574. The Labute approximate surface area is 156 Å². The van der Waals surface area contributed by atoms with Gasteiger partial charge in [0.25, 0.3) is 0 Å². The maximum atomic E-state index is 11.6. The average Bonchev–Trinajstić information content (AvgIpc) is 2.51. The van der Waals surface area contributed by atoms with E-state index in [1.54, 1.807) is 19.1 Å². The molecule has 0 atom stereocenters. The fraction of sp³-hybridized carbons (Fsp3) is 0.235. The number of sulfone groups is 1. The third kappa shape index (κ3) is 4.87. The summed E-state index contributed by atoms with van der Waals surface area (Å²) in [6, 6.07) is 7.54. The number of hydrogen-bond donors (Lipinski definition) is 1. The molecule has 8 heteroatoms. The van der Waals surface area contributed by atoms with Crippen molar-refractivity contribution in [3.63, 3.8) is 0 Å². The molecule has 25 heavy (non-hydrogen) atoms. The third-order valence-corrected chi connectivity index (χ3v) is 5.39. The largest absolute Gasteiger partial charge is 0.481 e. The number of aliphatic carboxylic acids is 1. The fourth-order valence-corrected chi connectivity index (χ4v) is 3.29. The maximum Gasteiger partial charge on any atom is 0.303 e. The van der Waals surface area contributed by atoms with Crippen molar-refractivity contribution in [3.8, 4) is 11.5 Å². The number of carbonyl (C=O) groups is 1. The Hall–Kier alpha value is -1.76. The summed E-state index contributed by atoms with van der Waals surface area (Å²) in [5.41, 5.74) is 1.32. The summed E-state index contributed by atoms with van der Waals surface area (Å²) in [6.07, 6.45) is 1.30. The Balaban J connectivity index is 2.42. The van der Waals surface area contributed by atoms with E-state index in [-0.39, 0.29) is 28.5 Å². The molecule has 0 aliphatic rings. The van der Waals surface area contributed by atoms with Gasteiger partial charge in [-0.2, -0.15) is 0 Å². The van der Waals surface area contributed by atoms with Crippen LogP contribution in [0.5, 0.6) is 11.5 Å². The molecule has 0 saturated heterocycles. The van der Waals surface area contributed by atoms with Crippen molar-refractivity contribution >= 4 is 39.0 Å². The monoisotopic (exact) mass is 402 g/mol. The van der Waals surface area contributed by atoms with Crippen molar-refractivity contribution in [2.45, 2.75) is 24.7 Å². The van der Waals surface area contributed by atoms with Crippen LogP contribution in [0.15, 0.2) is 35.2 Å². The van der Waals surface area contributed by atoms with E-state index in [0.717, 1.165) is 6.26 Å². The first-order valence-electron chi connectivity index (χ1n) is 7.27. The molecule has 2 aromatic rings. The second-order valence-corrected chi connectivity index (χ2v) is 8.35. The number of carboxylic acid groups (broad SMARTS) is 1. The lowest BCUT2D eigenvalue weighted by molar-refractivity contribution is -0.136. The molecule has 0 amide bonds. The number of halogens is 2. The van der Waals surface area contributed by atoms with Crippen LogP contribution in [0.1, 0.15) is 17.5 Å². The minimum atomic E-state index is -3.38. The first kappa shape index (κ1) is 19.6. The molecule has 0 bridgehead atoms. The van der Waals surface area contributed by atoms with Gasteiger partial charge < -0.3 is 9.84 Å². The Bertz CT molecular complexity index is 923.